The first kappa shape index (κ1) is 19.4. The number of rotatable bonds is 6. The minimum atomic E-state index is -4.79. The number of halogens is 3. The molecule has 1 aromatic heterocycles. The van der Waals surface area contributed by atoms with E-state index in [1.54, 1.807) is 19.1 Å². The fourth-order valence-electron chi connectivity index (χ4n) is 4.18. The second-order valence-corrected chi connectivity index (χ2v) is 7.60. The molecule has 155 valence electrons. The van der Waals surface area contributed by atoms with Crippen molar-refractivity contribution in [2.24, 2.45) is 0 Å². The molecule has 2 aromatic rings. The molecule has 30 heavy (non-hydrogen) atoms. The lowest BCUT2D eigenvalue weighted by Crippen LogP contribution is -2.24. The lowest BCUT2D eigenvalue weighted by molar-refractivity contribution is -0.137. The van der Waals surface area contributed by atoms with E-state index >= 15 is 0 Å². The second-order valence-electron chi connectivity index (χ2n) is 7.17. The number of hydrogen-bond acceptors (Lipinski definition) is 6. The van der Waals surface area contributed by atoms with Crippen LogP contribution in [0.3, 0.4) is 0 Å². The monoisotopic (exact) mass is 437 g/mol. The lowest BCUT2D eigenvalue weighted by Gasteiger charge is -2.25. The van der Waals surface area contributed by atoms with E-state index in [2.05, 4.69) is 0 Å². The Morgan fingerprint density at radius 1 is 1.33 bits per heavy atom. The molecule has 0 saturated carbocycles. The summed E-state index contributed by atoms with van der Waals surface area (Å²) in [5, 5.41) is 30.9. The van der Waals surface area contributed by atoms with Crippen LogP contribution >= 0.6 is 11.9 Å². The van der Waals surface area contributed by atoms with Crippen molar-refractivity contribution in [3.05, 3.63) is 52.6 Å². The molecule has 0 amide bonds. The second kappa shape index (κ2) is 6.73. The summed E-state index contributed by atoms with van der Waals surface area (Å²) in [6.45, 7) is 1.83. The number of hydrogen-bond donors (Lipinski definition) is 2. The van der Waals surface area contributed by atoms with Crippen LogP contribution in [-0.2, 0) is 26.3 Å². The van der Waals surface area contributed by atoms with Crippen molar-refractivity contribution in [3.8, 4) is 23.5 Å². The first-order chi connectivity index (χ1) is 14.6. The number of aromatic hydroxyl groups is 2. The third kappa shape index (κ3) is 2.82. The van der Waals surface area contributed by atoms with E-state index in [0.29, 0.717) is 6.07 Å². The fourth-order valence-corrected chi connectivity index (χ4v) is 4.36. The summed E-state index contributed by atoms with van der Waals surface area (Å²) in [4.78, 5) is 0. The Kier molecular flexibility index (Phi) is 4.36. The van der Waals surface area contributed by atoms with Gasteiger partial charge in [-0.1, -0.05) is 11.9 Å². The van der Waals surface area contributed by atoms with Gasteiger partial charge in [0.1, 0.15) is 11.2 Å². The van der Waals surface area contributed by atoms with Gasteiger partial charge in [0, 0.05) is 6.42 Å². The molecule has 4 rings (SSSR count). The van der Waals surface area contributed by atoms with Crippen molar-refractivity contribution < 1.29 is 32.3 Å². The van der Waals surface area contributed by atoms with Crippen molar-refractivity contribution >= 4 is 19.0 Å². The molecule has 1 radical (unpaired) electrons. The van der Waals surface area contributed by atoms with Gasteiger partial charge in [0.05, 0.1) is 40.6 Å². The Morgan fingerprint density at radius 2 is 2.07 bits per heavy atom. The van der Waals surface area contributed by atoms with Crippen molar-refractivity contribution in [1.29, 1.82) is 6.60 Å². The van der Waals surface area contributed by atoms with E-state index in [0.717, 1.165) is 29.6 Å². The highest BCUT2D eigenvalue weighted by Crippen LogP contribution is 2.62. The Hall–Kier alpha value is -2.55. The topological polar surface area (TPSA) is 87.6 Å². The molecule has 2 aliphatic rings. The Balaban J connectivity index is 1.83. The van der Waals surface area contributed by atoms with Crippen molar-refractivity contribution in [1.82, 2.24) is 4.57 Å². The molecule has 11 heteroatoms. The van der Waals surface area contributed by atoms with E-state index in [4.69, 9.17) is 15.5 Å². The molecule has 3 heterocycles. The van der Waals surface area contributed by atoms with E-state index < -0.39 is 40.3 Å². The number of benzene rings is 1. The summed E-state index contributed by atoms with van der Waals surface area (Å²) in [5.74, 6) is -0.910. The maximum absolute atomic E-state index is 13.4. The summed E-state index contributed by atoms with van der Waals surface area (Å²) in [7, 11) is 1.01. The van der Waals surface area contributed by atoms with Gasteiger partial charge in [0.2, 0.25) is 18.8 Å². The molecular formula is C19H15BF3N2O4S. The maximum Gasteiger partial charge on any atom is 0.417 e. The molecule has 2 atom stereocenters. The van der Waals surface area contributed by atoms with E-state index in [-0.39, 0.29) is 29.8 Å². The summed E-state index contributed by atoms with van der Waals surface area (Å²) in [5.41, 5.74) is -3.61. The summed E-state index contributed by atoms with van der Waals surface area (Å²) in [6, 6.07) is 4.42. The fraction of sp³-hybridized carbons (Fsp3) is 0.316. The van der Waals surface area contributed by atoms with Crippen LogP contribution in [-0.4, -0.2) is 29.8 Å². The number of ether oxygens (including phenoxy) is 1. The molecule has 0 fully saturated rings. The molecule has 6 nitrogen and oxygen atoms in total. The lowest BCUT2D eigenvalue weighted by atomic mass is 9.83. The SMILES string of the molecule is [3H][B]SOCCC12C=CC(C)(O1)c1c2c(O)n(-c2ccc(C#N)c(C(F)(F)F)c2)c1O. The predicted molar refractivity (Wildman–Crippen MR) is 103 cm³/mol. The van der Waals surface area contributed by atoms with Crippen molar-refractivity contribution in [3.63, 3.8) is 0 Å². The molecule has 0 aliphatic carbocycles. The number of alkyl halides is 3. The van der Waals surface area contributed by atoms with Gasteiger partial charge in [-0.3, -0.25) is 4.57 Å². The molecule has 1 aromatic carbocycles. The quantitative estimate of drug-likeness (QED) is 0.311. The zero-order chi connectivity index (χ0) is 22.6. The molecular weight excluding hydrogens is 420 g/mol. The third-order valence-electron chi connectivity index (χ3n) is 5.42. The Morgan fingerprint density at radius 3 is 2.73 bits per heavy atom. The van der Waals surface area contributed by atoms with Gasteiger partial charge in [-0.25, -0.2) is 0 Å². The van der Waals surface area contributed by atoms with Gasteiger partial charge in [0.15, 0.2) is 0 Å². The van der Waals surface area contributed by atoms with Crippen molar-refractivity contribution in [2.75, 3.05) is 6.61 Å². The van der Waals surface area contributed by atoms with Crippen LogP contribution in [0, 0.1) is 11.3 Å². The first-order valence-corrected chi connectivity index (χ1v) is 9.56. The number of nitriles is 1. The van der Waals surface area contributed by atoms with Crippen LogP contribution < -0.4 is 0 Å². The zero-order valence-electron chi connectivity index (χ0n) is 16.5. The van der Waals surface area contributed by atoms with E-state index in [1.807, 2.05) is 0 Å². The Labute approximate surface area is 176 Å². The van der Waals surface area contributed by atoms with E-state index in [9.17, 15) is 23.4 Å². The smallest absolute Gasteiger partial charge is 0.417 e. The van der Waals surface area contributed by atoms with Crippen molar-refractivity contribution in [2.45, 2.75) is 30.7 Å². The van der Waals surface area contributed by atoms with Gasteiger partial charge in [-0.15, -0.1) is 0 Å². The van der Waals surface area contributed by atoms with Gasteiger partial charge in [0.25, 0.3) is 0 Å². The highest BCUT2D eigenvalue weighted by molar-refractivity contribution is 8.15. The van der Waals surface area contributed by atoms with Crippen LogP contribution in [0.15, 0.2) is 30.4 Å². The number of aromatic nitrogens is 1. The zero-order valence-corrected chi connectivity index (χ0v) is 16.3. The third-order valence-corrected chi connectivity index (χ3v) is 5.72. The summed E-state index contributed by atoms with van der Waals surface area (Å²) in [6.07, 6.45) is -1.12. The van der Waals surface area contributed by atoms with Crippen LogP contribution in [0.4, 0.5) is 13.2 Å². The molecule has 2 bridgehead atoms. The molecule has 2 unspecified atom stereocenters. The minimum absolute atomic E-state index is 0.149. The maximum atomic E-state index is 13.4. The van der Waals surface area contributed by atoms with Crippen LogP contribution in [0.5, 0.6) is 11.8 Å². The van der Waals surface area contributed by atoms with E-state index in [1.165, 1.54) is 12.1 Å². The van der Waals surface area contributed by atoms with Gasteiger partial charge < -0.3 is 19.1 Å². The minimum Gasteiger partial charge on any atom is -0.494 e. The Bertz CT molecular complexity index is 1130. The summed E-state index contributed by atoms with van der Waals surface area (Å²) < 4.78 is 59.4. The molecule has 0 saturated heterocycles. The number of fused-ring (bicyclic) bond motifs is 5. The van der Waals surface area contributed by atoms with Crippen LogP contribution in [0.2, 0.25) is 0 Å². The molecule has 2 N–H and O–H groups in total. The van der Waals surface area contributed by atoms with Crippen LogP contribution in [0.1, 0.15) is 35.6 Å². The predicted octanol–water partition coefficient (Wildman–Crippen LogP) is 3.66. The van der Waals surface area contributed by atoms with Gasteiger partial charge >= 0.3 is 6.18 Å². The normalized spacial score (nSPS) is 24.6. The van der Waals surface area contributed by atoms with Gasteiger partial charge in [-0.05, 0) is 38.6 Å². The highest BCUT2D eigenvalue weighted by atomic mass is 32.2. The molecule has 0 spiro atoms. The summed E-state index contributed by atoms with van der Waals surface area (Å²) >= 11 is 0.823. The molecule has 2 aliphatic heterocycles. The first-order valence-electron chi connectivity index (χ1n) is 9.34. The standard InChI is InChI=1S/C19H15BF3N2O4S/c1-17-4-5-18(29-17,6-7-28-30-20)14-13(17)15(26)25(16(14)27)11-3-2-10(9-24)12(8-11)19(21,22)23/h2-5,8,20,26-27H,6-7H2,1H3/i20T. The average molecular weight is 437 g/mol. The van der Waals surface area contributed by atoms with Gasteiger partial charge in [-0.2, -0.15) is 18.4 Å². The average Bonchev–Trinajstić information content (AvgIpc) is 3.29. The van der Waals surface area contributed by atoms with Crippen LogP contribution in [0.25, 0.3) is 5.69 Å². The highest BCUT2D eigenvalue weighted by Gasteiger charge is 2.58. The number of nitrogens with zero attached hydrogens (tertiary/aromatic N) is 2. The largest absolute Gasteiger partial charge is 0.494 e.